The molecule has 0 aliphatic carbocycles. The van der Waals surface area contributed by atoms with Crippen LogP contribution in [0.2, 0.25) is 0 Å². The first kappa shape index (κ1) is 12.8. The largest absolute Gasteiger partial charge is 0.497 e. The number of aromatic nitrogens is 2. The SMILES string of the molecule is COc1ccc(N)c(SCCn2ccnc2C)c1. The predicted octanol–water partition coefficient (Wildman–Crippen LogP) is 2.57. The molecule has 0 saturated carbocycles. The second-order valence-corrected chi connectivity index (χ2v) is 5.06. The van der Waals surface area contributed by atoms with Crippen molar-refractivity contribution >= 4 is 17.4 Å². The average Bonchev–Trinajstić information content (AvgIpc) is 2.77. The lowest BCUT2D eigenvalue weighted by Gasteiger charge is -2.08. The summed E-state index contributed by atoms with van der Waals surface area (Å²) in [6.07, 6.45) is 3.81. The predicted molar refractivity (Wildman–Crippen MR) is 75.1 cm³/mol. The molecule has 2 rings (SSSR count). The molecule has 1 aromatic heterocycles. The van der Waals surface area contributed by atoms with Crippen molar-refractivity contribution in [2.75, 3.05) is 18.6 Å². The maximum Gasteiger partial charge on any atom is 0.120 e. The Balaban J connectivity index is 1.96. The molecule has 0 aliphatic rings. The third-order valence-corrected chi connectivity index (χ3v) is 3.79. The van der Waals surface area contributed by atoms with Gasteiger partial charge in [-0.15, -0.1) is 11.8 Å². The molecule has 5 heteroatoms. The van der Waals surface area contributed by atoms with Crippen molar-refractivity contribution in [2.45, 2.75) is 18.4 Å². The first-order valence-corrected chi connectivity index (χ1v) is 6.73. The van der Waals surface area contributed by atoms with Gasteiger partial charge in [-0.3, -0.25) is 0 Å². The molecule has 1 heterocycles. The van der Waals surface area contributed by atoms with Crippen LogP contribution >= 0.6 is 11.8 Å². The van der Waals surface area contributed by atoms with E-state index in [0.29, 0.717) is 0 Å². The van der Waals surface area contributed by atoms with Crippen LogP contribution in [0, 0.1) is 6.92 Å². The molecule has 0 atom stereocenters. The van der Waals surface area contributed by atoms with Crippen LogP contribution < -0.4 is 10.5 Å². The molecule has 1 aromatic carbocycles. The Morgan fingerprint density at radius 3 is 2.94 bits per heavy atom. The second kappa shape index (κ2) is 5.82. The van der Waals surface area contributed by atoms with Gasteiger partial charge in [0.1, 0.15) is 11.6 Å². The summed E-state index contributed by atoms with van der Waals surface area (Å²) >= 11 is 1.73. The molecule has 2 N–H and O–H groups in total. The standard InChI is InChI=1S/C13H17N3OS/c1-10-15-5-6-16(10)7-8-18-13-9-11(17-2)3-4-12(13)14/h3-6,9H,7-8,14H2,1-2H3. The molecule has 0 unspecified atom stereocenters. The monoisotopic (exact) mass is 263 g/mol. The highest BCUT2D eigenvalue weighted by molar-refractivity contribution is 7.99. The van der Waals surface area contributed by atoms with Gasteiger partial charge in [0.15, 0.2) is 0 Å². The lowest BCUT2D eigenvalue weighted by molar-refractivity contribution is 0.414. The zero-order valence-electron chi connectivity index (χ0n) is 10.6. The Kier molecular flexibility index (Phi) is 4.15. The molecule has 0 amide bonds. The van der Waals surface area contributed by atoms with Gasteiger partial charge in [-0.05, 0) is 25.1 Å². The van der Waals surface area contributed by atoms with Crippen LogP contribution in [0.15, 0.2) is 35.5 Å². The highest BCUT2D eigenvalue weighted by atomic mass is 32.2. The van der Waals surface area contributed by atoms with Gasteiger partial charge < -0.3 is 15.0 Å². The number of imidazole rings is 1. The fraction of sp³-hybridized carbons (Fsp3) is 0.308. The summed E-state index contributed by atoms with van der Waals surface area (Å²) in [5, 5.41) is 0. The Morgan fingerprint density at radius 1 is 1.44 bits per heavy atom. The van der Waals surface area contributed by atoms with Crippen LogP contribution in [0.4, 0.5) is 5.69 Å². The van der Waals surface area contributed by atoms with Gasteiger partial charge >= 0.3 is 0 Å². The topological polar surface area (TPSA) is 53.1 Å². The summed E-state index contributed by atoms with van der Waals surface area (Å²) in [5.41, 5.74) is 6.73. The zero-order chi connectivity index (χ0) is 13.0. The van der Waals surface area contributed by atoms with E-state index in [-0.39, 0.29) is 0 Å². The van der Waals surface area contributed by atoms with Gasteiger partial charge in [0.05, 0.1) is 7.11 Å². The third kappa shape index (κ3) is 2.98. The zero-order valence-corrected chi connectivity index (χ0v) is 11.4. The van der Waals surface area contributed by atoms with Crippen LogP contribution in [0.1, 0.15) is 5.82 Å². The van der Waals surface area contributed by atoms with E-state index in [4.69, 9.17) is 10.5 Å². The van der Waals surface area contributed by atoms with E-state index < -0.39 is 0 Å². The molecule has 0 bridgehead atoms. The summed E-state index contributed by atoms with van der Waals surface area (Å²) in [6, 6.07) is 5.73. The van der Waals surface area contributed by atoms with Crippen LogP contribution in [0.25, 0.3) is 0 Å². The molecule has 0 fully saturated rings. The average molecular weight is 263 g/mol. The molecule has 0 aliphatic heterocycles. The normalized spacial score (nSPS) is 10.6. The van der Waals surface area contributed by atoms with Crippen molar-refractivity contribution in [1.82, 2.24) is 9.55 Å². The van der Waals surface area contributed by atoms with Crippen molar-refractivity contribution in [3.63, 3.8) is 0 Å². The number of thioether (sulfide) groups is 1. The van der Waals surface area contributed by atoms with Crippen molar-refractivity contribution in [2.24, 2.45) is 0 Å². The highest BCUT2D eigenvalue weighted by Gasteiger charge is 2.03. The Labute approximate surface area is 111 Å². The molecule has 0 saturated heterocycles. The summed E-state index contributed by atoms with van der Waals surface area (Å²) < 4.78 is 7.33. The van der Waals surface area contributed by atoms with Gasteiger partial charge in [-0.25, -0.2) is 4.98 Å². The lowest BCUT2D eigenvalue weighted by atomic mass is 10.3. The minimum atomic E-state index is 0.795. The Hall–Kier alpha value is -1.62. The fourth-order valence-electron chi connectivity index (χ4n) is 1.66. The molecular formula is C13H17N3OS. The van der Waals surface area contributed by atoms with E-state index >= 15 is 0 Å². The molecule has 4 nitrogen and oxygen atoms in total. The minimum Gasteiger partial charge on any atom is -0.497 e. The smallest absolute Gasteiger partial charge is 0.120 e. The van der Waals surface area contributed by atoms with Gasteiger partial charge in [0, 0.05) is 35.3 Å². The maximum absolute atomic E-state index is 5.94. The summed E-state index contributed by atoms with van der Waals surface area (Å²) in [6.45, 7) is 2.93. The molecule has 2 aromatic rings. The number of rotatable bonds is 5. The number of nitrogens with two attached hydrogens (primary N) is 1. The van der Waals surface area contributed by atoms with E-state index in [1.165, 1.54) is 0 Å². The van der Waals surface area contributed by atoms with Gasteiger partial charge in [-0.1, -0.05) is 0 Å². The van der Waals surface area contributed by atoms with Crippen LogP contribution in [0.5, 0.6) is 5.75 Å². The number of ether oxygens (including phenoxy) is 1. The van der Waals surface area contributed by atoms with Gasteiger partial charge in [0.25, 0.3) is 0 Å². The van der Waals surface area contributed by atoms with Crippen LogP contribution in [-0.2, 0) is 6.54 Å². The van der Waals surface area contributed by atoms with Crippen molar-refractivity contribution in [3.8, 4) is 5.75 Å². The Bertz CT molecular complexity index is 525. The molecule has 0 spiro atoms. The number of benzene rings is 1. The minimum absolute atomic E-state index is 0.795. The summed E-state index contributed by atoms with van der Waals surface area (Å²) in [4.78, 5) is 5.26. The summed E-state index contributed by atoms with van der Waals surface area (Å²) in [5.74, 6) is 2.83. The lowest BCUT2D eigenvalue weighted by Crippen LogP contribution is -2.01. The number of anilines is 1. The van der Waals surface area contributed by atoms with Crippen LogP contribution in [-0.4, -0.2) is 22.4 Å². The second-order valence-electron chi connectivity index (χ2n) is 3.92. The van der Waals surface area contributed by atoms with Gasteiger partial charge in [0.2, 0.25) is 0 Å². The number of hydrogen-bond acceptors (Lipinski definition) is 4. The molecule has 18 heavy (non-hydrogen) atoms. The molecule has 96 valence electrons. The van der Waals surface area contributed by atoms with E-state index in [1.54, 1.807) is 18.9 Å². The van der Waals surface area contributed by atoms with E-state index in [1.807, 2.05) is 37.5 Å². The van der Waals surface area contributed by atoms with Crippen molar-refractivity contribution in [3.05, 3.63) is 36.4 Å². The fourth-order valence-corrected chi connectivity index (χ4v) is 2.60. The van der Waals surface area contributed by atoms with Crippen LogP contribution in [0.3, 0.4) is 0 Å². The number of hydrogen-bond donors (Lipinski definition) is 1. The number of methoxy groups -OCH3 is 1. The highest BCUT2D eigenvalue weighted by Crippen LogP contribution is 2.29. The third-order valence-electron chi connectivity index (χ3n) is 2.73. The first-order valence-electron chi connectivity index (χ1n) is 5.75. The van der Waals surface area contributed by atoms with E-state index in [9.17, 15) is 0 Å². The number of nitrogens with zero attached hydrogens (tertiary/aromatic N) is 2. The summed E-state index contributed by atoms with van der Waals surface area (Å²) in [7, 11) is 1.66. The quantitative estimate of drug-likeness (QED) is 0.665. The number of nitrogen functional groups attached to an aromatic ring is 1. The van der Waals surface area contributed by atoms with E-state index in [0.717, 1.165) is 34.5 Å². The van der Waals surface area contributed by atoms with Crippen molar-refractivity contribution in [1.29, 1.82) is 0 Å². The van der Waals surface area contributed by atoms with Gasteiger partial charge in [-0.2, -0.15) is 0 Å². The molecular weight excluding hydrogens is 246 g/mol. The first-order chi connectivity index (χ1) is 8.70. The number of aryl methyl sites for hydroxylation is 2. The Morgan fingerprint density at radius 2 is 2.28 bits per heavy atom. The maximum atomic E-state index is 5.94. The molecule has 0 radical (unpaired) electrons. The van der Waals surface area contributed by atoms with E-state index in [2.05, 4.69) is 9.55 Å². The van der Waals surface area contributed by atoms with Crippen molar-refractivity contribution < 1.29 is 4.74 Å².